The fourth-order valence-corrected chi connectivity index (χ4v) is 3.04. The highest BCUT2D eigenvalue weighted by atomic mass is 16.5. The van der Waals surface area contributed by atoms with Gasteiger partial charge in [0.2, 0.25) is 0 Å². The van der Waals surface area contributed by atoms with E-state index in [4.69, 9.17) is 9.47 Å². The largest absolute Gasteiger partial charge is 0.493 e. The van der Waals surface area contributed by atoms with Crippen molar-refractivity contribution in [3.8, 4) is 17.6 Å². The minimum Gasteiger partial charge on any atom is -0.493 e. The molecule has 0 saturated heterocycles. The molecule has 1 amide bonds. The number of hydrogen-bond donors (Lipinski definition) is 1. The Kier molecular flexibility index (Phi) is 6.49. The van der Waals surface area contributed by atoms with Gasteiger partial charge in [0.25, 0.3) is 5.91 Å². The van der Waals surface area contributed by atoms with Crippen LogP contribution in [-0.4, -0.2) is 19.1 Å². The number of amides is 1. The Labute approximate surface area is 170 Å². The Morgan fingerprint density at radius 3 is 2.41 bits per heavy atom. The highest BCUT2D eigenvalue weighted by molar-refractivity contribution is 6.11. The van der Waals surface area contributed by atoms with Gasteiger partial charge in [-0.25, -0.2) is 0 Å². The van der Waals surface area contributed by atoms with Crippen molar-refractivity contribution < 1.29 is 14.3 Å². The van der Waals surface area contributed by atoms with Crippen molar-refractivity contribution in [1.29, 1.82) is 5.26 Å². The van der Waals surface area contributed by atoms with Gasteiger partial charge in [-0.05, 0) is 48.9 Å². The molecule has 5 heteroatoms. The molecule has 0 aliphatic rings. The first kappa shape index (κ1) is 20.0. The lowest BCUT2D eigenvalue weighted by molar-refractivity contribution is -0.112. The number of nitrogens with zero attached hydrogens (tertiary/aromatic N) is 1. The number of para-hydroxylation sites is 2. The predicted octanol–water partition coefficient (Wildman–Crippen LogP) is 5.18. The Morgan fingerprint density at radius 1 is 0.966 bits per heavy atom. The number of hydrogen-bond acceptors (Lipinski definition) is 4. The Balaban J connectivity index is 2.01. The van der Waals surface area contributed by atoms with Gasteiger partial charge in [0, 0.05) is 5.56 Å². The Bertz CT molecular complexity index is 1100. The molecule has 0 fully saturated rings. The number of ether oxygens (including phenoxy) is 2. The number of rotatable bonds is 7. The van der Waals surface area contributed by atoms with Gasteiger partial charge in [0.15, 0.2) is 0 Å². The van der Waals surface area contributed by atoms with E-state index in [2.05, 4.69) is 5.32 Å². The maximum Gasteiger partial charge on any atom is 0.266 e. The first-order valence-electron chi connectivity index (χ1n) is 9.47. The molecule has 5 nitrogen and oxygen atoms in total. The van der Waals surface area contributed by atoms with Crippen LogP contribution in [0.3, 0.4) is 0 Å². The molecule has 3 rings (SSSR count). The topological polar surface area (TPSA) is 71.3 Å². The van der Waals surface area contributed by atoms with Crippen LogP contribution in [0, 0.1) is 11.3 Å². The summed E-state index contributed by atoms with van der Waals surface area (Å²) in [7, 11) is 0. The molecule has 0 saturated carbocycles. The van der Waals surface area contributed by atoms with Crippen LogP contribution in [-0.2, 0) is 4.79 Å². The molecule has 0 aliphatic heterocycles. The molecule has 0 aromatic heterocycles. The molecule has 0 radical (unpaired) electrons. The SMILES string of the molecule is CCOc1ccccc1NC(=O)/C(C#N)=C/c1c(OCC)ccc2ccccc12. The second-order valence-corrected chi connectivity index (χ2v) is 6.18. The van der Waals surface area contributed by atoms with Crippen LogP contribution in [0.4, 0.5) is 5.69 Å². The van der Waals surface area contributed by atoms with E-state index in [1.165, 1.54) is 0 Å². The van der Waals surface area contributed by atoms with E-state index in [1.807, 2.05) is 62.4 Å². The molecule has 1 N–H and O–H groups in total. The third-order valence-electron chi connectivity index (χ3n) is 4.32. The van der Waals surface area contributed by atoms with Crippen molar-refractivity contribution in [2.45, 2.75) is 13.8 Å². The summed E-state index contributed by atoms with van der Waals surface area (Å²) >= 11 is 0. The fourth-order valence-electron chi connectivity index (χ4n) is 3.04. The van der Waals surface area contributed by atoms with E-state index in [9.17, 15) is 10.1 Å². The lowest BCUT2D eigenvalue weighted by atomic mass is 10.0. The van der Waals surface area contributed by atoms with E-state index < -0.39 is 5.91 Å². The molecule has 0 atom stereocenters. The van der Waals surface area contributed by atoms with Crippen molar-refractivity contribution in [3.05, 3.63) is 71.8 Å². The number of nitrogens with one attached hydrogen (secondary N) is 1. The van der Waals surface area contributed by atoms with Crippen LogP contribution in [0.15, 0.2) is 66.2 Å². The zero-order valence-corrected chi connectivity index (χ0v) is 16.4. The molecular weight excluding hydrogens is 364 g/mol. The molecule has 0 spiro atoms. The summed E-state index contributed by atoms with van der Waals surface area (Å²) in [5.41, 5.74) is 1.20. The van der Waals surface area contributed by atoms with Gasteiger partial charge < -0.3 is 14.8 Å². The predicted molar refractivity (Wildman–Crippen MR) is 115 cm³/mol. The molecule has 0 aliphatic carbocycles. The average Bonchev–Trinajstić information content (AvgIpc) is 2.74. The molecular formula is C24H22N2O3. The number of anilines is 1. The van der Waals surface area contributed by atoms with Crippen molar-refractivity contribution in [3.63, 3.8) is 0 Å². The number of fused-ring (bicyclic) bond motifs is 1. The van der Waals surface area contributed by atoms with Crippen molar-refractivity contribution in [2.75, 3.05) is 18.5 Å². The quantitative estimate of drug-likeness (QED) is 0.448. The minimum atomic E-state index is -0.505. The Hall–Kier alpha value is -3.78. The van der Waals surface area contributed by atoms with Crippen molar-refractivity contribution >= 4 is 28.4 Å². The number of carbonyl (C=O) groups is 1. The van der Waals surface area contributed by atoms with Crippen LogP contribution < -0.4 is 14.8 Å². The van der Waals surface area contributed by atoms with Gasteiger partial charge in [-0.1, -0.05) is 42.5 Å². The van der Waals surface area contributed by atoms with Gasteiger partial charge in [-0.15, -0.1) is 0 Å². The highest BCUT2D eigenvalue weighted by Crippen LogP contribution is 2.31. The summed E-state index contributed by atoms with van der Waals surface area (Å²) in [5, 5.41) is 14.3. The second kappa shape index (κ2) is 9.43. The standard InChI is InChI=1S/C24H22N2O3/c1-3-28-22-14-13-17-9-5-6-10-19(17)20(22)15-18(16-25)24(27)26-21-11-7-8-12-23(21)29-4-2/h5-15H,3-4H2,1-2H3,(H,26,27)/b18-15+. The van der Waals surface area contributed by atoms with Gasteiger partial charge in [-0.2, -0.15) is 5.26 Å². The minimum absolute atomic E-state index is 0.0198. The second-order valence-electron chi connectivity index (χ2n) is 6.18. The lowest BCUT2D eigenvalue weighted by Gasteiger charge is -2.12. The first-order chi connectivity index (χ1) is 14.2. The monoisotopic (exact) mass is 386 g/mol. The maximum atomic E-state index is 12.8. The summed E-state index contributed by atoms with van der Waals surface area (Å²) < 4.78 is 11.3. The normalized spacial score (nSPS) is 11.0. The molecule has 0 heterocycles. The van der Waals surface area contributed by atoms with E-state index in [0.29, 0.717) is 36.0 Å². The highest BCUT2D eigenvalue weighted by Gasteiger charge is 2.15. The summed E-state index contributed by atoms with van der Waals surface area (Å²) in [6.07, 6.45) is 1.58. The van der Waals surface area contributed by atoms with E-state index >= 15 is 0 Å². The smallest absolute Gasteiger partial charge is 0.266 e. The summed E-state index contributed by atoms with van der Waals surface area (Å²) in [5.74, 6) is 0.678. The number of benzene rings is 3. The molecule has 29 heavy (non-hydrogen) atoms. The van der Waals surface area contributed by atoms with E-state index in [0.717, 1.165) is 10.8 Å². The van der Waals surface area contributed by atoms with Crippen molar-refractivity contribution in [2.24, 2.45) is 0 Å². The van der Waals surface area contributed by atoms with Crippen LogP contribution in [0.5, 0.6) is 11.5 Å². The number of nitriles is 1. The zero-order chi connectivity index (χ0) is 20.6. The first-order valence-corrected chi connectivity index (χ1v) is 9.47. The van der Waals surface area contributed by atoms with Crippen LogP contribution in [0.1, 0.15) is 19.4 Å². The molecule has 3 aromatic carbocycles. The third-order valence-corrected chi connectivity index (χ3v) is 4.32. The lowest BCUT2D eigenvalue weighted by Crippen LogP contribution is -2.14. The summed E-state index contributed by atoms with van der Waals surface area (Å²) in [6, 6.07) is 20.7. The fraction of sp³-hybridized carbons (Fsp3) is 0.167. The van der Waals surface area contributed by atoms with E-state index in [1.54, 1.807) is 24.3 Å². The Morgan fingerprint density at radius 2 is 1.66 bits per heavy atom. The summed E-state index contributed by atoms with van der Waals surface area (Å²) in [4.78, 5) is 12.8. The van der Waals surface area contributed by atoms with Crippen molar-refractivity contribution in [1.82, 2.24) is 0 Å². The van der Waals surface area contributed by atoms with Gasteiger partial charge >= 0.3 is 0 Å². The third kappa shape index (κ3) is 4.56. The molecule has 0 unspecified atom stereocenters. The van der Waals surface area contributed by atoms with Gasteiger partial charge in [-0.3, -0.25) is 4.79 Å². The zero-order valence-electron chi connectivity index (χ0n) is 16.4. The van der Waals surface area contributed by atoms with E-state index in [-0.39, 0.29) is 5.57 Å². The summed E-state index contributed by atoms with van der Waals surface area (Å²) in [6.45, 7) is 4.72. The average molecular weight is 386 g/mol. The molecule has 146 valence electrons. The van der Waals surface area contributed by atoms with Gasteiger partial charge in [0.1, 0.15) is 23.1 Å². The molecule has 0 bridgehead atoms. The van der Waals surface area contributed by atoms with Crippen LogP contribution in [0.25, 0.3) is 16.8 Å². The number of carbonyl (C=O) groups excluding carboxylic acids is 1. The molecule has 3 aromatic rings. The van der Waals surface area contributed by atoms with Crippen LogP contribution >= 0.6 is 0 Å². The van der Waals surface area contributed by atoms with Gasteiger partial charge in [0.05, 0.1) is 18.9 Å². The maximum absolute atomic E-state index is 12.8. The van der Waals surface area contributed by atoms with Crippen LogP contribution in [0.2, 0.25) is 0 Å².